The van der Waals surface area contributed by atoms with Gasteiger partial charge in [-0.3, -0.25) is 9.69 Å². The monoisotopic (exact) mass is 451 g/mol. The Morgan fingerprint density at radius 2 is 1.87 bits per heavy atom. The first-order chi connectivity index (χ1) is 14.9. The summed E-state index contributed by atoms with van der Waals surface area (Å²) in [5.74, 6) is 0.637. The topological polar surface area (TPSA) is 102 Å². The first-order valence-electron chi connectivity index (χ1n) is 11.6. The highest BCUT2D eigenvalue weighted by molar-refractivity contribution is 7.91. The number of nitrogens with zero attached hydrogens (tertiary/aromatic N) is 1. The summed E-state index contributed by atoms with van der Waals surface area (Å²) in [7, 11) is -2.09. The fraction of sp³-hybridized carbons (Fsp3) is 0.696. The molecule has 174 valence electrons. The molecule has 0 aromatic heterocycles. The molecule has 3 N–H and O–H groups in total. The van der Waals surface area contributed by atoms with Crippen LogP contribution in [0.1, 0.15) is 68.6 Å². The van der Waals surface area contributed by atoms with Crippen molar-refractivity contribution in [1.29, 1.82) is 0 Å². The number of likely N-dealkylation sites (tertiary alicyclic amines) is 1. The second kappa shape index (κ2) is 10.7. The molecule has 1 aliphatic heterocycles. The number of nitrogens with one attached hydrogen (secondary N) is 1. The second-order valence-corrected chi connectivity index (χ2v) is 11.1. The summed E-state index contributed by atoms with van der Waals surface area (Å²) < 4.78 is 30.0. The molecule has 1 unspecified atom stereocenters. The van der Waals surface area contributed by atoms with E-state index in [4.69, 9.17) is 10.5 Å². The van der Waals surface area contributed by atoms with Crippen LogP contribution in [-0.4, -0.2) is 57.8 Å². The van der Waals surface area contributed by atoms with Crippen LogP contribution in [0.4, 0.5) is 5.69 Å². The molecule has 1 amide bonds. The van der Waals surface area contributed by atoms with Crippen molar-refractivity contribution in [2.24, 2.45) is 5.92 Å². The number of nitrogens with two attached hydrogens (primary N) is 1. The zero-order chi connectivity index (χ0) is 22.4. The van der Waals surface area contributed by atoms with E-state index in [-0.39, 0.29) is 33.6 Å². The van der Waals surface area contributed by atoms with Crippen molar-refractivity contribution in [2.75, 3.05) is 38.2 Å². The van der Waals surface area contributed by atoms with Crippen LogP contribution in [0, 0.1) is 5.92 Å². The lowest BCUT2D eigenvalue weighted by atomic mass is 9.99. The summed E-state index contributed by atoms with van der Waals surface area (Å²) in [6.45, 7) is 4.31. The van der Waals surface area contributed by atoms with Crippen LogP contribution >= 0.6 is 0 Å². The Kier molecular flexibility index (Phi) is 8.22. The summed E-state index contributed by atoms with van der Waals surface area (Å²) in [4.78, 5) is 15.5. The van der Waals surface area contributed by atoms with E-state index >= 15 is 0 Å². The average Bonchev–Trinajstić information content (AvgIpc) is 3.03. The maximum atomic E-state index is 13.0. The van der Waals surface area contributed by atoms with Crippen molar-refractivity contribution >= 4 is 21.4 Å². The summed E-state index contributed by atoms with van der Waals surface area (Å²) >= 11 is 0. The Balaban J connectivity index is 1.67. The third kappa shape index (κ3) is 5.92. The van der Waals surface area contributed by atoms with Crippen molar-refractivity contribution in [3.05, 3.63) is 17.7 Å². The van der Waals surface area contributed by atoms with Crippen molar-refractivity contribution in [3.63, 3.8) is 0 Å². The van der Waals surface area contributed by atoms with Crippen LogP contribution in [0.3, 0.4) is 0 Å². The molecule has 0 bridgehead atoms. The number of rotatable bonds is 8. The van der Waals surface area contributed by atoms with E-state index in [1.165, 1.54) is 57.8 Å². The minimum absolute atomic E-state index is 0.0168. The van der Waals surface area contributed by atoms with E-state index in [2.05, 4.69) is 10.2 Å². The molecule has 0 radical (unpaired) electrons. The predicted molar refractivity (Wildman–Crippen MR) is 123 cm³/mol. The minimum Gasteiger partial charge on any atom is -0.496 e. The van der Waals surface area contributed by atoms with Gasteiger partial charge < -0.3 is 15.8 Å². The molecule has 2 fully saturated rings. The van der Waals surface area contributed by atoms with Gasteiger partial charge in [0.1, 0.15) is 5.75 Å². The van der Waals surface area contributed by atoms with Crippen LogP contribution in [0.2, 0.25) is 0 Å². The van der Waals surface area contributed by atoms with Crippen molar-refractivity contribution in [1.82, 2.24) is 10.2 Å². The molecule has 1 aromatic carbocycles. The first kappa shape index (κ1) is 23.9. The van der Waals surface area contributed by atoms with E-state index in [1.54, 1.807) is 6.92 Å². The third-order valence-corrected chi connectivity index (χ3v) is 8.54. The molecule has 1 aromatic rings. The summed E-state index contributed by atoms with van der Waals surface area (Å²) in [5, 5.41) is 3.02. The Labute approximate surface area is 186 Å². The van der Waals surface area contributed by atoms with Gasteiger partial charge in [0, 0.05) is 25.2 Å². The van der Waals surface area contributed by atoms with Crippen molar-refractivity contribution < 1.29 is 17.9 Å². The summed E-state index contributed by atoms with van der Waals surface area (Å²) in [6.07, 6.45) is 10.2. The lowest BCUT2D eigenvalue weighted by Crippen LogP contribution is -2.42. The van der Waals surface area contributed by atoms with Crippen molar-refractivity contribution in [2.45, 2.75) is 69.2 Å². The highest BCUT2D eigenvalue weighted by Crippen LogP contribution is 2.30. The number of hydrogen-bond acceptors (Lipinski definition) is 6. The van der Waals surface area contributed by atoms with Gasteiger partial charge in [-0.25, -0.2) is 8.42 Å². The number of nitrogen functional groups attached to an aromatic ring is 1. The lowest BCUT2D eigenvalue weighted by molar-refractivity contribution is 0.0934. The molecule has 31 heavy (non-hydrogen) atoms. The molecule has 3 rings (SSSR count). The number of anilines is 1. The average molecular weight is 452 g/mol. The molecule has 1 heterocycles. The van der Waals surface area contributed by atoms with E-state index in [1.807, 2.05) is 0 Å². The number of carbonyl (C=O) groups excluding carboxylic acids is 1. The smallest absolute Gasteiger partial charge is 0.255 e. The highest BCUT2D eigenvalue weighted by Gasteiger charge is 2.28. The van der Waals surface area contributed by atoms with E-state index < -0.39 is 9.84 Å². The molecule has 0 spiro atoms. The molecule has 1 atom stereocenters. The van der Waals surface area contributed by atoms with Gasteiger partial charge in [0.25, 0.3) is 5.91 Å². The standard InChI is InChI=1S/C23H37N3O4S/c1-3-31(28,29)22-13-19(21(30-2)14-20(22)24)23(27)25-15-18-11-8-12-26(18)16-17-9-6-4-5-7-10-17/h13-14,17-18H,3-12,15-16,24H2,1-2H3,(H,25,27). The molecule has 7 nitrogen and oxygen atoms in total. The number of amides is 1. The quantitative estimate of drug-likeness (QED) is 0.465. The van der Waals surface area contributed by atoms with Crippen LogP contribution in [-0.2, 0) is 9.84 Å². The van der Waals surface area contributed by atoms with Gasteiger partial charge in [-0.1, -0.05) is 32.6 Å². The van der Waals surface area contributed by atoms with Crippen LogP contribution < -0.4 is 15.8 Å². The van der Waals surface area contributed by atoms with Gasteiger partial charge in [0.2, 0.25) is 0 Å². The Morgan fingerprint density at radius 1 is 1.16 bits per heavy atom. The largest absolute Gasteiger partial charge is 0.496 e. The van der Waals surface area contributed by atoms with E-state index in [0.717, 1.165) is 31.8 Å². The van der Waals surface area contributed by atoms with E-state index in [9.17, 15) is 13.2 Å². The maximum absolute atomic E-state index is 13.0. The summed E-state index contributed by atoms with van der Waals surface area (Å²) in [5.41, 5.74) is 6.23. The van der Waals surface area contributed by atoms with Crippen LogP contribution in [0.25, 0.3) is 0 Å². The Hall–Kier alpha value is -1.80. The highest BCUT2D eigenvalue weighted by atomic mass is 32.2. The van der Waals surface area contributed by atoms with E-state index in [0.29, 0.717) is 12.6 Å². The van der Waals surface area contributed by atoms with Gasteiger partial charge in [0.15, 0.2) is 9.84 Å². The van der Waals surface area contributed by atoms with Gasteiger partial charge in [-0.15, -0.1) is 0 Å². The number of ether oxygens (including phenoxy) is 1. The minimum atomic E-state index is -3.54. The zero-order valence-electron chi connectivity index (χ0n) is 18.9. The SMILES string of the molecule is CCS(=O)(=O)c1cc(C(=O)NCC2CCCN2CC2CCCCCC2)c(OC)cc1N. The second-order valence-electron chi connectivity index (χ2n) is 8.85. The maximum Gasteiger partial charge on any atom is 0.255 e. The summed E-state index contributed by atoms with van der Waals surface area (Å²) in [6, 6.07) is 3.09. The lowest BCUT2D eigenvalue weighted by Gasteiger charge is -2.28. The molecular formula is C23H37N3O4S. The molecule has 2 aliphatic rings. The third-order valence-electron chi connectivity index (χ3n) is 6.76. The van der Waals surface area contributed by atoms with Gasteiger partial charge >= 0.3 is 0 Å². The molecule has 1 saturated carbocycles. The molecule has 1 saturated heterocycles. The number of benzene rings is 1. The molecular weight excluding hydrogens is 414 g/mol. The number of hydrogen-bond donors (Lipinski definition) is 2. The van der Waals surface area contributed by atoms with Gasteiger partial charge in [-0.2, -0.15) is 0 Å². The number of methoxy groups -OCH3 is 1. The van der Waals surface area contributed by atoms with Gasteiger partial charge in [0.05, 0.1) is 29.0 Å². The Morgan fingerprint density at radius 3 is 2.52 bits per heavy atom. The molecule has 1 aliphatic carbocycles. The first-order valence-corrected chi connectivity index (χ1v) is 13.2. The van der Waals surface area contributed by atoms with Crippen LogP contribution in [0.15, 0.2) is 17.0 Å². The number of sulfone groups is 1. The molecule has 8 heteroatoms. The zero-order valence-corrected chi connectivity index (χ0v) is 19.7. The number of carbonyl (C=O) groups is 1. The fourth-order valence-electron chi connectivity index (χ4n) is 4.90. The Bertz CT molecular complexity index is 864. The van der Waals surface area contributed by atoms with Gasteiger partial charge in [-0.05, 0) is 44.2 Å². The van der Waals surface area contributed by atoms with Crippen LogP contribution in [0.5, 0.6) is 5.75 Å². The fourth-order valence-corrected chi connectivity index (χ4v) is 5.92. The predicted octanol–water partition coefficient (Wildman–Crippen LogP) is 3.24. The van der Waals surface area contributed by atoms with Crippen molar-refractivity contribution in [3.8, 4) is 5.75 Å². The normalized spacial score (nSPS) is 21.0.